The minimum atomic E-state index is -0.127. The van der Waals surface area contributed by atoms with Gasteiger partial charge in [0.1, 0.15) is 12.4 Å². The summed E-state index contributed by atoms with van der Waals surface area (Å²) >= 11 is 0. The fourth-order valence-corrected chi connectivity index (χ4v) is 2.07. The van der Waals surface area contributed by atoms with Crippen molar-refractivity contribution >= 4 is 17.3 Å². The summed E-state index contributed by atoms with van der Waals surface area (Å²) in [5, 5.41) is 5.98. The van der Waals surface area contributed by atoms with Crippen LogP contribution in [0.25, 0.3) is 0 Å². The van der Waals surface area contributed by atoms with Crippen molar-refractivity contribution in [1.29, 1.82) is 0 Å². The van der Waals surface area contributed by atoms with E-state index >= 15 is 0 Å². The quantitative estimate of drug-likeness (QED) is 0.762. The maximum absolute atomic E-state index is 12.1. The molecule has 23 heavy (non-hydrogen) atoms. The van der Waals surface area contributed by atoms with Gasteiger partial charge in [-0.25, -0.2) is 0 Å². The van der Waals surface area contributed by atoms with Gasteiger partial charge < -0.3 is 15.4 Å². The molecule has 0 aliphatic rings. The molecule has 1 amide bonds. The Balaban J connectivity index is 1.94. The van der Waals surface area contributed by atoms with Crippen molar-refractivity contribution in [2.24, 2.45) is 0 Å². The van der Waals surface area contributed by atoms with Crippen molar-refractivity contribution in [2.45, 2.75) is 13.8 Å². The molecule has 2 aromatic carbocycles. The standard InChI is InChI=1S/C19H22N2O2/c1-4-11-23-18-8-6-5-7-17(18)21-19(22)13-20-16-10-9-14(2)15(3)12-16/h4-10,12,20H,1,11,13H2,2-3H3,(H,21,22). The molecular formula is C19H22N2O2. The van der Waals surface area contributed by atoms with E-state index in [2.05, 4.69) is 24.1 Å². The number of nitrogens with one attached hydrogen (secondary N) is 2. The van der Waals surface area contributed by atoms with Crippen molar-refractivity contribution < 1.29 is 9.53 Å². The average molecular weight is 310 g/mol. The summed E-state index contributed by atoms with van der Waals surface area (Å²) in [5.41, 5.74) is 4.01. The van der Waals surface area contributed by atoms with Gasteiger partial charge in [0.05, 0.1) is 12.2 Å². The largest absolute Gasteiger partial charge is 0.487 e. The number of hydrogen-bond donors (Lipinski definition) is 2. The number of benzene rings is 2. The van der Waals surface area contributed by atoms with Crippen LogP contribution in [0.4, 0.5) is 11.4 Å². The van der Waals surface area contributed by atoms with Crippen LogP contribution < -0.4 is 15.4 Å². The molecule has 0 aromatic heterocycles. The molecular weight excluding hydrogens is 288 g/mol. The van der Waals surface area contributed by atoms with Crippen molar-refractivity contribution in [2.75, 3.05) is 23.8 Å². The van der Waals surface area contributed by atoms with Gasteiger partial charge in [-0.3, -0.25) is 4.79 Å². The van der Waals surface area contributed by atoms with Crippen molar-refractivity contribution in [1.82, 2.24) is 0 Å². The van der Waals surface area contributed by atoms with E-state index in [0.717, 1.165) is 5.69 Å². The SMILES string of the molecule is C=CCOc1ccccc1NC(=O)CNc1ccc(C)c(C)c1. The lowest BCUT2D eigenvalue weighted by Gasteiger charge is -2.12. The van der Waals surface area contributed by atoms with E-state index in [9.17, 15) is 4.79 Å². The molecule has 0 spiro atoms. The molecule has 0 atom stereocenters. The number of ether oxygens (including phenoxy) is 1. The highest BCUT2D eigenvalue weighted by Gasteiger charge is 2.07. The van der Waals surface area contributed by atoms with Crippen LogP contribution >= 0.6 is 0 Å². The third-order valence-corrected chi connectivity index (χ3v) is 3.48. The molecule has 0 bridgehead atoms. The molecule has 0 saturated carbocycles. The summed E-state index contributed by atoms with van der Waals surface area (Å²) in [7, 11) is 0. The zero-order valence-corrected chi connectivity index (χ0v) is 13.6. The van der Waals surface area contributed by atoms with Gasteiger partial charge in [-0.15, -0.1) is 0 Å². The van der Waals surface area contributed by atoms with Crippen LogP contribution in [0, 0.1) is 13.8 Å². The molecule has 0 heterocycles. The van der Waals surface area contributed by atoms with Gasteiger partial charge in [-0.2, -0.15) is 0 Å². The predicted molar refractivity (Wildman–Crippen MR) is 95.2 cm³/mol. The van der Waals surface area contributed by atoms with E-state index < -0.39 is 0 Å². The van der Waals surface area contributed by atoms with Crippen LogP contribution in [0.5, 0.6) is 5.75 Å². The highest BCUT2D eigenvalue weighted by molar-refractivity contribution is 5.95. The summed E-state index contributed by atoms with van der Waals surface area (Å²) in [6.45, 7) is 8.32. The van der Waals surface area contributed by atoms with Crippen LogP contribution in [0.3, 0.4) is 0 Å². The number of carbonyl (C=O) groups is 1. The Bertz CT molecular complexity index is 696. The number of rotatable bonds is 7. The number of carbonyl (C=O) groups excluding carboxylic acids is 1. The number of amides is 1. The molecule has 0 radical (unpaired) electrons. The molecule has 2 aromatic rings. The molecule has 0 aliphatic carbocycles. The molecule has 0 saturated heterocycles. The molecule has 120 valence electrons. The van der Waals surface area contributed by atoms with E-state index in [1.165, 1.54) is 11.1 Å². The Morgan fingerprint density at radius 1 is 1.17 bits per heavy atom. The Morgan fingerprint density at radius 2 is 1.96 bits per heavy atom. The van der Waals surface area contributed by atoms with Gasteiger partial charge in [0.25, 0.3) is 0 Å². The average Bonchev–Trinajstić information content (AvgIpc) is 2.55. The normalized spacial score (nSPS) is 10.0. The number of aryl methyl sites for hydroxylation is 2. The summed E-state index contributed by atoms with van der Waals surface area (Å²) in [6, 6.07) is 13.4. The van der Waals surface area contributed by atoms with E-state index in [4.69, 9.17) is 4.74 Å². The predicted octanol–water partition coefficient (Wildman–Crippen LogP) is 3.92. The lowest BCUT2D eigenvalue weighted by molar-refractivity contribution is -0.114. The zero-order chi connectivity index (χ0) is 16.7. The molecule has 0 unspecified atom stereocenters. The van der Waals surface area contributed by atoms with Crippen LogP contribution in [-0.2, 0) is 4.79 Å². The van der Waals surface area contributed by atoms with Crippen molar-refractivity contribution in [3.05, 3.63) is 66.2 Å². The van der Waals surface area contributed by atoms with E-state index in [0.29, 0.717) is 18.0 Å². The maximum Gasteiger partial charge on any atom is 0.243 e. The van der Waals surface area contributed by atoms with Crippen LogP contribution in [0.1, 0.15) is 11.1 Å². The Kier molecular flexibility index (Phi) is 5.80. The first kappa shape index (κ1) is 16.6. The third kappa shape index (κ3) is 4.88. The van der Waals surface area contributed by atoms with E-state index in [1.54, 1.807) is 6.08 Å². The highest BCUT2D eigenvalue weighted by Crippen LogP contribution is 2.23. The first-order chi connectivity index (χ1) is 11.1. The highest BCUT2D eigenvalue weighted by atomic mass is 16.5. The van der Waals surface area contributed by atoms with Gasteiger partial charge in [-0.05, 0) is 49.2 Å². The molecule has 0 fully saturated rings. The van der Waals surface area contributed by atoms with E-state index in [-0.39, 0.29) is 12.5 Å². The molecule has 0 aliphatic heterocycles. The molecule has 4 heteroatoms. The second-order valence-corrected chi connectivity index (χ2v) is 5.30. The van der Waals surface area contributed by atoms with E-state index in [1.807, 2.05) is 49.4 Å². The van der Waals surface area contributed by atoms with Crippen LogP contribution in [0.2, 0.25) is 0 Å². The summed E-state index contributed by atoms with van der Waals surface area (Å²) in [6.07, 6.45) is 1.67. The minimum Gasteiger partial charge on any atom is -0.487 e. The Morgan fingerprint density at radius 3 is 2.70 bits per heavy atom. The molecule has 2 rings (SSSR count). The number of para-hydroxylation sites is 2. The number of hydrogen-bond acceptors (Lipinski definition) is 3. The zero-order valence-electron chi connectivity index (χ0n) is 13.6. The third-order valence-electron chi connectivity index (χ3n) is 3.48. The van der Waals surface area contributed by atoms with Gasteiger partial charge in [0, 0.05) is 5.69 Å². The lowest BCUT2D eigenvalue weighted by Crippen LogP contribution is -2.22. The van der Waals surface area contributed by atoms with Crippen LogP contribution in [0.15, 0.2) is 55.1 Å². The van der Waals surface area contributed by atoms with Gasteiger partial charge >= 0.3 is 0 Å². The second kappa shape index (κ2) is 8.03. The summed E-state index contributed by atoms with van der Waals surface area (Å²) in [4.78, 5) is 12.1. The topological polar surface area (TPSA) is 50.4 Å². The first-order valence-electron chi connectivity index (χ1n) is 7.54. The van der Waals surface area contributed by atoms with Crippen molar-refractivity contribution in [3.8, 4) is 5.75 Å². The first-order valence-corrected chi connectivity index (χ1v) is 7.54. The minimum absolute atomic E-state index is 0.127. The Hall–Kier alpha value is -2.75. The van der Waals surface area contributed by atoms with Crippen molar-refractivity contribution in [3.63, 3.8) is 0 Å². The maximum atomic E-state index is 12.1. The smallest absolute Gasteiger partial charge is 0.243 e. The number of anilines is 2. The van der Waals surface area contributed by atoms with Gasteiger partial charge in [-0.1, -0.05) is 30.9 Å². The van der Waals surface area contributed by atoms with Gasteiger partial charge in [0.15, 0.2) is 0 Å². The lowest BCUT2D eigenvalue weighted by atomic mass is 10.1. The summed E-state index contributed by atoms with van der Waals surface area (Å²) < 4.78 is 5.53. The summed E-state index contributed by atoms with van der Waals surface area (Å²) in [5.74, 6) is 0.504. The fourth-order valence-electron chi connectivity index (χ4n) is 2.07. The molecule has 4 nitrogen and oxygen atoms in total. The molecule has 2 N–H and O–H groups in total. The van der Waals surface area contributed by atoms with Gasteiger partial charge in [0.2, 0.25) is 5.91 Å². The Labute approximate surface area is 137 Å². The van der Waals surface area contributed by atoms with Crippen LogP contribution in [-0.4, -0.2) is 19.1 Å². The fraction of sp³-hybridized carbons (Fsp3) is 0.211. The monoisotopic (exact) mass is 310 g/mol. The second-order valence-electron chi connectivity index (χ2n) is 5.30.